The Labute approximate surface area is 135 Å². The summed E-state index contributed by atoms with van der Waals surface area (Å²) in [5.41, 5.74) is 1.24. The summed E-state index contributed by atoms with van der Waals surface area (Å²) in [5, 5.41) is 16.7. The molecule has 0 spiro atoms. The zero-order valence-corrected chi connectivity index (χ0v) is 13.0. The summed E-state index contributed by atoms with van der Waals surface area (Å²) in [7, 11) is 0. The Bertz CT molecular complexity index is 615. The van der Waals surface area contributed by atoms with E-state index in [-0.39, 0.29) is 31.0 Å². The van der Waals surface area contributed by atoms with Gasteiger partial charge in [0.15, 0.2) is 0 Å². The molecule has 6 nitrogen and oxygen atoms in total. The van der Waals surface area contributed by atoms with E-state index in [9.17, 15) is 9.90 Å². The number of carbonyl (C=O) groups excluding carboxylic acids is 1. The maximum Gasteiger partial charge on any atom is 0.242 e. The molecule has 1 fully saturated rings. The van der Waals surface area contributed by atoms with E-state index in [1.54, 1.807) is 23.1 Å². The highest BCUT2D eigenvalue weighted by Crippen LogP contribution is 2.19. The van der Waals surface area contributed by atoms with Crippen molar-refractivity contribution in [3.63, 3.8) is 0 Å². The average Bonchev–Trinajstić information content (AvgIpc) is 3.18. The number of hydrogen-bond acceptors (Lipinski definition) is 4. The summed E-state index contributed by atoms with van der Waals surface area (Å²) in [6, 6.07) is 12.0. The minimum atomic E-state index is -0.0706. The largest absolute Gasteiger partial charge is 0.396 e. The molecular formula is C17H22N4O2. The molecular weight excluding hydrogens is 292 g/mol. The van der Waals surface area contributed by atoms with Crippen molar-refractivity contribution >= 4 is 5.91 Å². The number of aromatic nitrogens is 2. The van der Waals surface area contributed by atoms with Crippen molar-refractivity contribution in [3.8, 4) is 0 Å². The third-order valence-corrected chi connectivity index (χ3v) is 4.21. The Morgan fingerprint density at radius 1 is 1.26 bits per heavy atom. The van der Waals surface area contributed by atoms with Crippen LogP contribution in [-0.2, 0) is 17.9 Å². The zero-order chi connectivity index (χ0) is 16.1. The highest BCUT2D eigenvalue weighted by atomic mass is 16.3. The molecule has 122 valence electrons. The van der Waals surface area contributed by atoms with Crippen LogP contribution in [0.3, 0.4) is 0 Å². The molecule has 1 amide bonds. The van der Waals surface area contributed by atoms with Crippen LogP contribution in [0.2, 0.25) is 0 Å². The van der Waals surface area contributed by atoms with E-state index in [0.29, 0.717) is 0 Å². The van der Waals surface area contributed by atoms with E-state index in [1.165, 1.54) is 5.56 Å². The molecule has 2 atom stereocenters. The molecule has 0 bridgehead atoms. The molecule has 0 unspecified atom stereocenters. The van der Waals surface area contributed by atoms with Crippen LogP contribution < -0.4 is 5.32 Å². The van der Waals surface area contributed by atoms with Crippen molar-refractivity contribution in [2.24, 2.45) is 5.92 Å². The second kappa shape index (κ2) is 7.39. The van der Waals surface area contributed by atoms with Gasteiger partial charge >= 0.3 is 0 Å². The average molecular weight is 314 g/mol. The quantitative estimate of drug-likeness (QED) is 0.814. The molecule has 23 heavy (non-hydrogen) atoms. The van der Waals surface area contributed by atoms with Crippen LogP contribution in [-0.4, -0.2) is 51.4 Å². The Kier molecular flexibility index (Phi) is 5.05. The third-order valence-electron chi connectivity index (χ3n) is 4.21. The molecule has 3 rings (SSSR count). The van der Waals surface area contributed by atoms with Crippen LogP contribution in [0, 0.1) is 5.92 Å². The second-order valence-electron chi connectivity index (χ2n) is 6.00. The molecule has 1 aliphatic heterocycles. The van der Waals surface area contributed by atoms with Gasteiger partial charge < -0.3 is 10.4 Å². The molecule has 1 saturated heterocycles. The molecule has 6 heteroatoms. The minimum Gasteiger partial charge on any atom is -0.396 e. The number of benzene rings is 1. The molecule has 1 aromatic heterocycles. The SMILES string of the molecule is O=C(Cn1cccn1)N[C@@H]1CN(Cc2ccccc2)C[C@H]1CO. The molecule has 2 heterocycles. The molecule has 0 radical (unpaired) electrons. The summed E-state index contributed by atoms with van der Waals surface area (Å²) >= 11 is 0. The molecule has 0 aliphatic carbocycles. The van der Waals surface area contributed by atoms with Crippen LogP contribution in [0.25, 0.3) is 0 Å². The first-order valence-corrected chi connectivity index (χ1v) is 7.88. The van der Waals surface area contributed by atoms with Crippen molar-refractivity contribution < 1.29 is 9.90 Å². The van der Waals surface area contributed by atoms with Crippen LogP contribution in [0.1, 0.15) is 5.56 Å². The van der Waals surface area contributed by atoms with Crippen molar-refractivity contribution in [1.82, 2.24) is 20.0 Å². The Hall–Kier alpha value is -2.18. The topological polar surface area (TPSA) is 70.4 Å². The Morgan fingerprint density at radius 3 is 2.78 bits per heavy atom. The van der Waals surface area contributed by atoms with Crippen LogP contribution >= 0.6 is 0 Å². The number of nitrogens with zero attached hydrogens (tertiary/aromatic N) is 3. The van der Waals surface area contributed by atoms with Crippen molar-refractivity contribution in [2.45, 2.75) is 19.1 Å². The third kappa shape index (κ3) is 4.18. The highest BCUT2D eigenvalue weighted by molar-refractivity contribution is 5.76. The lowest BCUT2D eigenvalue weighted by atomic mass is 10.1. The van der Waals surface area contributed by atoms with Gasteiger partial charge in [0.2, 0.25) is 5.91 Å². The fraction of sp³-hybridized carbons (Fsp3) is 0.412. The first kappa shape index (κ1) is 15.7. The normalized spacial score (nSPS) is 21.4. The maximum atomic E-state index is 12.1. The highest BCUT2D eigenvalue weighted by Gasteiger charge is 2.33. The molecule has 2 N–H and O–H groups in total. The van der Waals surface area contributed by atoms with E-state index in [2.05, 4.69) is 27.4 Å². The molecule has 0 saturated carbocycles. The standard InChI is InChI=1S/C17H22N4O2/c22-13-15-10-20(9-14-5-2-1-3-6-14)11-16(15)19-17(23)12-21-8-4-7-18-21/h1-8,15-16,22H,9-13H2,(H,19,23)/t15-,16+/m0/s1. The first-order valence-electron chi connectivity index (χ1n) is 7.88. The van der Waals surface area contributed by atoms with Crippen LogP contribution in [0.5, 0.6) is 0 Å². The maximum absolute atomic E-state index is 12.1. The number of hydrogen-bond donors (Lipinski definition) is 2. The Morgan fingerprint density at radius 2 is 2.09 bits per heavy atom. The number of nitrogens with one attached hydrogen (secondary N) is 1. The summed E-state index contributed by atoms with van der Waals surface area (Å²) in [6.45, 7) is 2.67. The number of amides is 1. The fourth-order valence-corrected chi connectivity index (χ4v) is 3.07. The fourth-order valence-electron chi connectivity index (χ4n) is 3.07. The zero-order valence-electron chi connectivity index (χ0n) is 13.0. The van der Waals surface area contributed by atoms with Gasteiger partial charge in [-0.3, -0.25) is 14.4 Å². The second-order valence-corrected chi connectivity index (χ2v) is 6.00. The van der Waals surface area contributed by atoms with Gasteiger partial charge in [-0.1, -0.05) is 30.3 Å². The van der Waals surface area contributed by atoms with Gasteiger partial charge in [-0.2, -0.15) is 5.10 Å². The van der Waals surface area contributed by atoms with E-state index in [0.717, 1.165) is 19.6 Å². The van der Waals surface area contributed by atoms with Gasteiger partial charge in [0.1, 0.15) is 6.54 Å². The van der Waals surface area contributed by atoms with Gasteiger partial charge in [0, 0.05) is 50.6 Å². The number of rotatable bonds is 6. The minimum absolute atomic E-state index is 0.0215. The van der Waals surface area contributed by atoms with Crippen LogP contribution in [0.4, 0.5) is 0 Å². The lowest BCUT2D eigenvalue weighted by molar-refractivity contribution is -0.122. The lowest BCUT2D eigenvalue weighted by Crippen LogP contribution is -2.43. The monoisotopic (exact) mass is 314 g/mol. The van der Waals surface area contributed by atoms with Gasteiger partial charge in [-0.25, -0.2) is 0 Å². The van der Waals surface area contributed by atoms with E-state index in [4.69, 9.17) is 0 Å². The summed E-state index contributed by atoms with van der Waals surface area (Å²) in [4.78, 5) is 14.4. The first-order chi connectivity index (χ1) is 11.2. The van der Waals surface area contributed by atoms with Crippen molar-refractivity contribution in [2.75, 3.05) is 19.7 Å². The smallest absolute Gasteiger partial charge is 0.242 e. The summed E-state index contributed by atoms with van der Waals surface area (Å²) in [5.74, 6) is -0.000931. The number of aliphatic hydroxyl groups excluding tert-OH is 1. The number of carbonyl (C=O) groups is 1. The molecule has 2 aromatic rings. The van der Waals surface area contributed by atoms with Crippen molar-refractivity contribution in [3.05, 3.63) is 54.4 Å². The van der Waals surface area contributed by atoms with Crippen LogP contribution in [0.15, 0.2) is 48.8 Å². The summed E-state index contributed by atoms with van der Waals surface area (Å²) < 4.78 is 1.60. The molecule has 1 aliphatic rings. The predicted octanol–water partition coefficient (Wildman–Crippen LogP) is 0.492. The van der Waals surface area contributed by atoms with E-state index in [1.807, 2.05) is 18.2 Å². The number of aliphatic hydroxyl groups is 1. The summed E-state index contributed by atoms with van der Waals surface area (Å²) in [6.07, 6.45) is 3.42. The van der Waals surface area contributed by atoms with Crippen molar-refractivity contribution in [1.29, 1.82) is 0 Å². The molecule has 1 aromatic carbocycles. The Balaban J connectivity index is 1.55. The predicted molar refractivity (Wildman–Crippen MR) is 86.5 cm³/mol. The lowest BCUT2D eigenvalue weighted by Gasteiger charge is -2.18. The number of likely N-dealkylation sites (tertiary alicyclic amines) is 1. The van der Waals surface area contributed by atoms with Gasteiger partial charge in [0.25, 0.3) is 0 Å². The van der Waals surface area contributed by atoms with Gasteiger partial charge in [-0.05, 0) is 11.6 Å². The van der Waals surface area contributed by atoms with Gasteiger partial charge in [-0.15, -0.1) is 0 Å². The van der Waals surface area contributed by atoms with E-state index < -0.39 is 0 Å². The van der Waals surface area contributed by atoms with Gasteiger partial charge in [0.05, 0.1) is 0 Å². The van der Waals surface area contributed by atoms with E-state index >= 15 is 0 Å².